The molecule has 0 saturated carbocycles. The van der Waals surface area contributed by atoms with Gasteiger partial charge in [-0.15, -0.1) is 0 Å². The molecule has 0 aliphatic heterocycles. The van der Waals surface area contributed by atoms with E-state index in [0.29, 0.717) is 0 Å². The van der Waals surface area contributed by atoms with Crippen molar-refractivity contribution in [2.45, 2.75) is 19.4 Å². The molecule has 1 amide bonds. The van der Waals surface area contributed by atoms with Crippen molar-refractivity contribution in [3.8, 4) is 0 Å². The Balaban J connectivity index is 2.44. The molecule has 0 heterocycles. The van der Waals surface area contributed by atoms with Crippen LogP contribution in [-0.2, 0) is 16.1 Å². The lowest BCUT2D eigenvalue weighted by atomic mass is 10.2. The number of halogens is 2. The Kier molecular flexibility index (Phi) is 4.56. The third kappa shape index (κ3) is 4.58. The van der Waals surface area contributed by atoms with E-state index in [0.717, 1.165) is 12.1 Å². The Labute approximate surface area is 96.3 Å². The highest BCUT2D eigenvalue weighted by atomic mass is 19.1. The smallest absolute Gasteiger partial charge is 0.303 e. The molecule has 0 radical (unpaired) electrons. The highest BCUT2D eigenvalue weighted by Crippen LogP contribution is 2.09. The average molecular weight is 243 g/mol. The summed E-state index contributed by atoms with van der Waals surface area (Å²) >= 11 is 0. The maximum absolute atomic E-state index is 13.1. The number of carboxylic acids is 1. The number of carbonyl (C=O) groups excluding carboxylic acids is 1. The molecule has 1 aromatic carbocycles. The largest absolute Gasteiger partial charge is 0.481 e. The number of rotatable bonds is 5. The fraction of sp³-hybridized carbons (Fsp3) is 0.273. The van der Waals surface area contributed by atoms with Gasteiger partial charge in [0.2, 0.25) is 5.91 Å². The summed E-state index contributed by atoms with van der Waals surface area (Å²) in [5.41, 5.74) is 0.148. The Morgan fingerprint density at radius 2 is 1.94 bits per heavy atom. The zero-order valence-electron chi connectivity index (χ0n) is 8.87. The second-order valence-electron chi connectivity index (χ2n) is 3.41. The van der Waals surface area contributed by atoms with Crippen molar-refractivity contribution >= 4 is 11.9 Å². The summed E-state index contributed by atoms with van der Waals surface area (Å²) in [5.74, 6) is -3.00. The van der Waals surface area contributed by atoms with E-state index >= 15 is 0 Å². The maximum Gasteiger partial charge on any atom is 0.303 e. The van der Waals surface area contributed by atoms with E-state index in [2.05, 4.69) is 5.32 Å². The first-order chi connectivity index (χ1) is 7.99. The molecule has 4 nitrogen and oxygen atoms in total. The molecule has 0 spiro atoms. The summed E-state index contributed by atoms with van der Waals surface area (Å²) < 4.78 is 25.7. The normalized spacial score (nSPS) is 10.0. The van der Waals surface area contributed by atoms with Crippen LogP contribution >= 0.6 is 0 Å². The van der Waals surface area contributed by atoms with E-state index in [9.17, 15) is 18.4 Å². The molecular formula is C11H11F2NO3. The minimum Gasteiger partial charge on any atom is -0.481 e. The quantitative estimate of drug-likeness (QED) is 0.822. The number of benzene rings is 1. The van der Waals surface area contributed by atoms with Crippen molar-refractivity contribution in [2.75, 3.05) is 0 Å². The second kappa shape index (κ2) is 5.93. The van der Waals surface area contributed by atoms with Gasteiger partial charge in [-0.1, -0.05) is 6.07 Å². The third-order valence-corrected chi connectivity index (χ3v) is 2.06. The summed E-state index contributed by atoms with van der Waals surface area (Å²) in [5, 5.41) is 10.7. The number of hydrogen-bond donors (Lipinski definition) is 2. The van der Waals surface area contributed by atoms with E-state index in [1.807, 2.05) is 0 Å². The molecule has 0 saturated heterocycles. The summed E-state index contributed by atoms with van der Waals surface area (Å²) in [6.07, 6.45) is -0.449. The minimum absolute atomic E-state index is 0.0927. The molecule has 0 unspecified atom stereocenters. The molecule has 0 aliphatic carbocycles. The van der Waals surface area contributed by atoms with Crippen molar-refractivity contribution in [3.63, 3.8) is 0 Å². The van der Waals surface area contributed by atoms with Gasteiger partial charge in [0.05, 0.1) is 6.42 Å². The van der Waals surface area contributed by atoms with Crippen molar-refractivity contribution < 1.29 is 23.5 Å². The van der Waals surface area contributed by atoms with Crippen LogP contribution in [0.5, 0.6) is 0 Å². The van der Waals surface area contributed by atoms with Gasteiger partial charge in [-0.3, -0.25) is 9.59 Å². The summed E-state index contributed by atoms with van der Waals surface area (Å²) in [4.78, 5) is 21.3. The highest BCUT2D eigenvalue weighted by Gasteiger charge is 2.07. The number of carbonyl (C=O) groups is 2. The highest BCUT2D eigenvalue weighted by molar-refractivity contribution is 5.80. The molecule has 6 heteroatoms. The molecule has 17 heavy (non-hydrogen) atoms. The monoisotopic (exact) mass is 243 g/mol. The van der Waals surface area contributed by atoms with Crippen LogP contribution in [0.25, 0.3) is 0 Å². The van der Waals surface area contributed by atoms with Crippen molar-refractivity contribution in [1.82, 2.24) is 5.32 Å². The zero-order chi connectivity index (χ0) is 12.8. The number of amides is 1. The molecule has 92 valence electrons. The molecular weight excluding hydrogens is 232 g/mol. The standard InChI is InChI=1S/C11H11F2NO3/c12-8-2-1-7(9(13)5-8)6-14-10(15)3-4-11(16)17/h1-2,5H,3-4,6H2,(H,14,15)(H,16,17). The maximum atomic E-state index is 13.1. The Morgan fingerprint density at radius 1 is 1.24 bits per heavy atom. The Bertz CT molecular complexity index is 435. The first-order valence-corrected chi connectivity index (χ1v) is 4.91. The van der Waals surface area contributed by atoms with E-state index in [-0.39, 0.29) is 24.9 Å². The topological polar surface area (TPSA) is 66.4 Å². The van der Waals surface area contributed by atoms with Gasteiger partial charge in [0.15, 0.2) is 0 Å². The zero-order valence-corrected chi connectivity index (χ0v) is 8.87. The van der Waals surface area contributed by atoms with Gasteiger partial charge in [-0.05, 0) is 6.07 Å². The van der Waals surface area contributed by atoms with Crippen LogP contribution in [0.3, 0.4) is 0 Å². The summed E-state index contributed by atoms with van der Waals surface area (Å²) in [6.45, 7) is -0.0927. The van der Waals surface area contributed by atoms with Crippen LogP contribution in [-0.4, -0.2) is 17.0 Å². The molecule has 0 bridgehead atoms. The van der Waals surface area contributed by atoms with E-state index in [4.69, 9.17) is 5.11 Å². The molecule has 1 aromatic rings. The number of nitrogens with one attached hydrogen (secondary N) is 1. The summed E-state index contributed by atoms with van der Waals surface area (Å²) in [7, 11) is 0. The summed E-state index contributed by atoms with van der Waals surface area (Å²) in [6, 6.07) is 3.03. The molecule has 0 atom stereocenters. The first kappa shape index (κ1) is 13.1. The van der Waals surface area contributed by atoms with Gasteiger partial charge < -0.3 is 10.4 Å². The van der Waals surface area contributed by atoms with Gasteiger partial charge >= 0.3 is 5.97 Å². The van der Waals surface area contributed by atoms with Crippen molar-refractivity contribution in [3.05, 3.63) is 35.4 Å². The van der Waals surface area contributed by atoms with Crippen molar-refractivity contribution in [2.24, 2.45) is 0 Å². The fourth-order valence-electron chi connectivity index (χ4n) is 1.17. The first-order valence-electron chi connectivity index (χ1n) is 4.91. The number of hydrogen-bond acceptors (Lipinski definition) is 2. The van der Waals surface area contributed by atoms with Gasteiger partial charge in [-0.25, -0.2) is 8.78 Å². The van der Waals surface area contributed by atoms with E-state index in [1.54, 1.807) is 0 Å². The SMILES string of the molecule is O=C(O)CCC(=O)NCc1ccc(F)cc1F. The number of carboxylic acid groups (broad SMARTS) is 1. The Morgan fingerprint density at radius 3 is 2.53 bits per heavy atom. The lowest BCUT2D eigenvalue weighted by molar-refractivity contribution is -0.138. The van der Waals surface area contributed by atoms with Crippen LogP contribution < -0.4 is 5.32 Å². The van der Waals surface area contributed by atoms with Gasteiger partial charge in [-0.2, -0.15) is 0 Å². The molecule has 2 N–H and O–H groups in total. The van der Waals surface area contributed by atoms with Crippen LogP contribution in [0.1, 0.15) is 18.4 Å². The molecule has 0 aliphatic rings. The fourth-order valence-corrected chi connectivity index (χ4v) is 1.17. The van der Waals surface area contributed by atoms with E-state index < -0.39 is 23.5 Å². The lowest BCUT2D eigenvalue weighted by Crippen LogP contribution is -2.23. The van der Waals surface area contributed by atoms with Crippen LogP contribution in [0.2, 0.25) is 0 Å². The molecule has 0 aromatic heterocycles. The average Bonchev–Trinajstić information content (AvgIpc) is 2.25. The third-order valence-electron chi connectivity index (χ3n) is 2.06. The van der Waals surface area contributed by atoms with Gasteiger partial charge in [0, 0.05) is 24.6 Å². The van der Waals surface area contributed by atoms with Crippen LogP contribution in [0.4, 0.5) is 8.78 Å². The molecule has 1 rings (SSSR count). The molecule has 0 fully saturated rings. The van der Waals surface area contributed by atoms with Gasteiger partial charge in [0.25, 0.3) is 0 Å². The Hall–Kier alpha value is -1.98. The predicted octanol–water partition coefficient (Wildman–Crippen LogP) is 1.45. The second-order valence-corrected chi connectivity index (χ2v) is 3.41. The van der Waals surface area contributed by atoms with Crippen LogP contribution in [0, 0.1) is 11.6 Å². The minimum atomic E-state index is -1.08. The van der Waals surface area contributed by atoms with E-state index in [1.165, 1.54) is 6.07 Å². The lowest BCUT2D eigenvalue weighted by Gasteiger charge is -2.05. The number of aliphatic carboxylic acids is 1. The van der Waals surface area contributed by atoms with Gasteiger partial charge in [0.1, 0.15) is 11.6 Å². The van der Waals surface area contributed by atoms with Crippen molar-refractivity contribution in [1.29, 1.82) is 0 Å². The van der Waals surface area contributed by atoms with Crippen LogP contribution in [0.15, 0.2) is 18.2 Å². The predicted molar refractivity (Wildman–Crippen MR) is 55.1 cm³/mol.